The molecule has 0 bridgehead atoms. The van der Waals surface area contributed by atoms with Gasteiger partial charge in [-0.3, -0.25) is 29.5 Å². The summed E-state index contributed by atoms with van der Waals surface area (Å²) < 4.78 is 0. The SMILES string of the molecule is O=C1CC(C(=O)Nc2ccc([N+](=O)[O-])cc2)c2c(nc(N3CCCC3)[nH]c2=O)N1. The smallest absolute Gasteiger partial charge is 0.269 e. The van der Waals surface area contributed by atoms with Crippen LogP contribution in [0.4, 0.5) is 23.1 Å². The van der Waals surface area contributed by atoms with Gasteiger partial charge in [0.1, 0.15) is 5.82 Å². The molecule has 4 rings (SSSR count). The van der Waals surface area contributed by atoms with Crippen LogP contribution < -0.4 is 21.1 Å². The number of non-ortho nitro benzene ring substituents is 1. The lowest BCUT2D eigenvalue weighted by atomic mass is 9.92. The minimum atomic E-state index is -1.02. The Morgan fingerprint density at radius 3 is 2.55 bits per heavy atom. The van der Waals surface area contributed by atoms with Crippen LogP contribution >= 0.6 is 0 Å². The normalized spacial score (nSPS) is 18.1. The number of aromatic amines is 1. The summed E-state index contributed by atoms with van der Waals surface area (Å²) in [5, 5.41) is 15.9. The number of nitrogens with one attached hydrogen (secondary N) is 3. The van der Waals surface area contributed by atoms with Crippen LogP contribution in [0.15, 0.2) is 29.1 Å². The molecule has 0 saturated carbocycles. The fraction of sp³-hybridized carbons (Fsp3) is 0.333. The summed E-state index contributed by atoms with van der Waals surface area (Å²) in [6.07, 6.45) is 1.79. The number of benzene rings is 1. The molecule has 3 heterocycles. The van der Waals surface area contributed by atoms with Crippen LogP contribution in [0.3, 0.4) is 0 Å². The van der Waals surface area contributed by atoms with Crippen LogP contribution in [-0.4, -0.2) is 39.8 Å². The zero-order valence-electron chi connectivity index (χ0n) is 15.3. The molecule has 2 aromatic rings. The van der Waals surface area contributed by atoms with Crippen molar-refractivity contribution in [1.29, 1.82) is 0 Å². The summed E-state index contributed by atoms with van der Waals surface area (Å²) in [6, 6.07) is 5.29. The fourth-order valence-electron chi connectivity index (χ4n) is 3.56. The first-order chi connectivity index (χ1) is 13.9. The van der Waals surface area contributed by atoms with Crippen molar-refractivity contribution >= 4 is 35.0 Å². The van der Waals surface area contributed by atoms with Crippen molar-refractivity contribution in [3.8, 4) is 0 Å². The van der Waals surface area contributed by atoms with E-state index in [1.165, 1.54) is 24.3 Å². The number of H-pyrrole nitrogens is 1. The summed E-state index contributed by atoms with van der Waals surface area (Å²) in [6.45, 7) is 1.53. The molecule has 1 aromatic carbocycles. The topological polar surface area (TPSA) is 150 Å². The molecule has 1 aromatic heterocycles. The monoisotopic (exact) mass is 398 g/mol. The molecule has 0 radical (unpaired) electrons. The molecule has 150 valence electrons. The molecule has 1 unspecified atom stereocenters. The Kier molecular flexibility index (Phi) is 4.71. The first-order valence-corrected chi connectivity index (χ1v) is 9.16. The highest BCUT2D eigenvalue weighted by Gasteiger charge is 2.35. The predicted molar refractivity (Wildman–Crippen MR) is 104 cm³/mol. The lowest BCUT2D eigenvalue weighted by Crippen LogP contribution is -2.37. The maximum Gasteiger partial charge on any atom is 0.269 e. The molecule has 11 heteroatoms. The molecular formula is C18H18N6O5. The third-order valence-corrected chi connectivity index (χ3v) is 5.01. The second-order valence-electron chi connectivity index (χ2n) is 6.94. The molecule has 0 spiro atoms. The first kappa shape index (κ1) is 18.6. The largest absolute Gasteiger partial charge is 0.342 e. The number of rotatable bonds is 4. The van der Waals surface area contributed by atoms with Crippen LogP contribution in [0.2, 0.25) is 0 Å². The first-order valence-electron chi connectivity index (χ1n) is 9.16. The van der Waals surface area contributed by atoms with Gasteiger partial charge in [0.05, 0.1) is 16.4 Å². The third kappa shape index (κ3) is 3.66. The highest BCUT2D eigenvalue weighted by atomic mass is 16.6. The minimum absolute atomic E-state index is 0.0933. The Bertz CT molecular complexity index is 1040. The van der Waals surface area contributed by atoms with Gasteiger partial charge in [0.2, 0.25) is 17.8 Å². The number of nitro benzene ring substituents is 1. The average Bonchev–Trinajstić information content (AvgIpc) is 3.22. The van der Waals surface area contributed by atoms with E-state index in [1.54, 1.807) is 0 Å². The van der Waals surface area contributed by atoms with Crippen molar-refractivity contribution in [3.05, 3.63) is 50.3 Å². The van der Waals surface area contributed by atoms with Crippen molar-refractivity contribution < 1.29 is 14.5 Å². The van der Waals surface area contributed by atoms with E-state index in [1.807, 2.05) is 4.90 Å². The predicted octanol–water partition coefficient (Wildman–Crippen LogP) is 1.34. The van der Waals surface area contributed by atoms with Crippen LogP contribution in [-0.2, 0) is 9.59 Å². The highest BCUT2D eigenvalue weighted by molar-refractivity contribution is 6.04. The van der Waals surface area contributed by atoms with Gasteiger partial charge >= 0.3 is 0 Å². The number of nitro groups is 1. The molecule has 2 aliphatic heterocycles. The summed E-state index contributed by atoms with van der Waals surface area (Å²) in [5.74, 6) is -1.51. The van der Waals surface area contributed by atoms with Gasteiger partial charge in [0.25, 0.3) is 11.2 Å². The number of carbonyl (C=O) groups excluding carboxylic acids is 2. The second kappa shape index (κ2) is 7.34. The van der Waals surface area contributed by atoms with E-state index in [0.29, 0.717) is 11.6 Å². The molecule has 1 atom stereocenters. The number of fused-ring (bicyclic) bond motifs is 1. The Morgan fingerprint density at radius 1 is 1.21 bits per heavy atom. The molecule has 1 saturated heterocycles. The van der Waals surface area contributed by atoms with E-state index in [4.69, 9.17) is 0 Å². The maximum atomic E-state index is 12.8. The Balaban J connectivity index is 1.61. The maximum absolute atomic E-state index is 12.8. The minimum Gasteiger partial charge on any atom is -0.342 e. The summed E-state index contributed by atoms with van der Waals surface area (Å²) in [5.41, 5.74) is -0.153. The second-order valence-corrected chi connectivity index (χ2v) is 6.94. The molecule has 1 fully saturated rings. The Hall–Kier alpha value is -3.76. The standard InChI is InChI=1S/C18H18N6O5/c25-13-9-12(16(26)19-10-3-5-11(6-4-10)24(28)29)14-15(20-13)21-18(22-17(14)27)23-7-1-2-8-23/h3-6,12H,1-2,7-9H2,(H,19,26)(H2,20,21,22,25,27). The van der Waals surface area contributed by atoms with Crippen molar-refractivity contribution in [3.63, 3.8) is 0 Å². The Labute approximate surface area is 164 Å². The van der Waals surface area contributed by atoms with E-state index in [2.05, 4.69) is 20.6 Å². The van der Waals surface area contributed by atoms with E-state index >= 15 is 0 Å². The van der Waals surface area contributed by atoms with Gasteiger partial charge in [-0.1, -0.05) is 0 Å². The van der Waals surface area contributed by atoms with Crippen molar-refractivity contribution in [2.24, 2.45) is 0 Å². The van der Waals surface area contributed by atoms with Gasteiger partial charge in [-0.2, -0.15) is 4.98 Å². The van der Waals surface area contributed by atoms with Crippen LogP contribution in [0.1, 0.15) is 30.7 Å². The van der Waals surface area contributed by atoms with Crippen molar-refractivity contribution in [1.82, 2.24) is 9.97 Å². The van der Waals surface area contributed by atoms with Gasteiger partial charge in [-0.25, -0.2) is 0 Å². The van der Waals surface area contributed by atoms with Gasteiger partial charge in [-0.05, 0) is 25.0 Å². The Morgan fingerprint density at radius 2 is 1.90 bits per heavy atom. The molecule has 0 aliphatic carbocycles. The number of aromatic nitrogens is 2. The van der Waals surface area contributed by atoms with Crippen molar-refractivity contribution in [2.75, 3.05) is 28.6 Å². The molecule has 11 nitrogen and oxygen atoms in total. The quantitative estimate of drug-likeness (QED) is 0.519. The molecule has 2 amide bonds. The average molecular weight is 398 g/mol. The van der Waals surface area contributed by atoms with Gasteiger partial charge < -0.3 is 15.5 Å². The number of hydrogen-bond donors (Lipinski definition) is 3. The van der Waals surface area contributed by atoms with Crippen molar-refractivity contribution in [2.45, 2.75) is 25.2 Å². The number of nitrogens with zero attached hydrogens (tertiary/aromatic N) is 3. The van der Waals surface area contributed by atoms with E-state index < -0.39 is 28.2 Å². The van der Waals surface area contributed by atoms with E-state index in [-0.39, 0.29) is 23.5 Å². The van der Waals surface area contributed by atoms with Crippen LogP contribution in [0.5, 0.6) is 0 Å². The molecule has 2 aliphatic rings. The van der Waals surface area contributed by atoms with E-state index in [0.717, 1.165) is 25.9 Å². The molecular weight excluding hydrogens is 380 g/mol. The lowest BCUT2D eigenvalue weighted by molar-refractivity contribution is -0.384. The highest BCUT2D eigenvalue weighted by Crippen LogP contribution is 2.30. The van der Waals surface area contributed by atoms with Gasteiger partial charge in [-0.15, -0.1) is 0 Å². The lowest BCUT2D eigenvalue weighted by Gasteiger charge is -2.25. The summed E-state index contributed by atoms with van der Waals surface area (Å²) in [4.78, 5) is 56.8. The zero-order chi connectivity index (χ0) is 20.5. The molecule has 3 N–H and O–H groups in total. The fourth-order valence-corrected chi connectivity index (χ4v) is 3.56. The van der Waals surface area contributed by atoms with Gasteiger partial charge in [0.15, 0.2) is 0 Å². The zero-order valence-corrected chi connectivity index (χ0v) is 15.3. The summed E-state index contributed by atoms with van der Waals surface area (Å²) in [7, 11) is 0. The van der Waals surface area contributed by atoms with Crippen LogP contribution in [0, 0.1) is 10.1 Å². The number of carbonyl (C=O) groups is 2. The van der Waals surface area contributed by atoms with Gasteiger partial charge in [0, 0.05) is 37.3 Å². The molecule has 29 heavy (non-hydrogen) atoms. The van der Waals surface area contributed by atoms with E-state index in [9.17, 15) is 24.5 Å². The third-order valence-electron chi connectivity index (χ3n) is 5.01. The summed E-state index contributed by atoms with van der Waals surface area (Å²) >= 11 is 0. The number of anilines is 3. The number of amides is 2. The number of hydrogen-bond acceptors (Lipinski definition) is 7. The van der Waals surface area contributed by atoms with Crippen LogP contribution in [0.25, 0.3) is 0 Å².